The van der Waals surface area contributed by atoms with Crippen molar-refractivity contribution in [2.45, 2.75) is 19.6 Å². The van der Waals surface area contributed by atoms with Crippen molar-refractivity contribution in [2.75, 3.05) is 12.4 Å². The molecule has 3 aromatic rings. The number of furan rings is 1. The van der Waals surface area contributed by atoms with Crippen LogP contribution in [0.25, 0.3) is 11.0 Å². The highest BCUT2D eigenvalue weighted by Crippen LogP contribution is 2.28. The van der Waals surface area contributed by atoms with E-state index in [4.69, 9.17) is 25.5 Å². The smallest absolute Gasteiger partial charge is 0.375 e. The molecule has 2 aromatic carbocycles. The molecule has 0 radical (unpaired) electrons. The molecule has 146 valence electrons. The average molecular weight is 406 g/mol. The predicted molar refractivity (Wildman–Crippen MR) is 102 cm³/mol. The van der Waals surface area contributed by atoms with E-state index in [1.54, 1.807) is 18.2 Å². The maximum absolute atomic E-state index is 13.1. The molecule has 0 fully saturated rings. The third-order valence-electron chi connectivity index (χ3n) is 4.01. The van der Waals surface area contributed by atoms with Crippen LogP contribution in [0, 0.1) is 5.82 Å². The van der Waals surface area contributed by atoms with E-state index in [1.807, 2.05) is 6.07 Å². The van der Waals surface area contributed by atoms with Crippen LogP contribution in [0.3, 0.4) is 0 Å². The number of hydrogen-bond donors (Lipinski definition) is 1. The maximum Gasteiger partial charge on any atom is 0.375 e. The van der Waals surface area contributed by atoms with Crippen molar-refractivity contribution in [3.8, 4) is 0 Å². The Morgan fingerprint density at radius 1 is 1.25 bits per heavy atom. The summed E-state index contributed by atoms with van der Waals surface area (Å²) in [5, 5.41) is 3.25. The number of para-hydroxylation sites is 1. The van der Waals surface area contributed by atoms with E-state index in [0.29, 0.717) is 11.1 Å². The van der Waals surface area contributed by atoms with Crippen molar-refractivity contribution in [1.82, 2.24) is 0 Å². The zero-order valence-corrected chi connectivity index (χ0v) is 15.9. The van der Waals surface area contributed by atoms with Crippen LogP contribution in [0.1, 0.15) is 23.0 Å². The summed E-state index contributed by atoms with van der Waals surface area (Å²) in [6.07, 6.45) is -1.14. The highest BCUT2D eigenvalue weighted by atomic mass is 35.5. The Hall–Kier alpha value is -2.90. The van der Waals surface area contributed by atoms with E-state index >= 15 is 0 Å². The van der Waals surface area contributed by atoms with Crippen LogP contribution in [0.4, 0.5) is 10.1 Å². The summed E-state index contributed by atoms with van der Waals surface area (Å²) in [4.78, 5) is 24.9. The zero-order valence-electron chi connectivity index (χ0n) is 15.1. The molecular weight excluding hydrogens is 389 g/mol. The fraction of sp³-hybridized carbons (Fsp3) is 0.200. The van der Waals surface area contributed by atoms with Gasteiger partial charge in [0, 0.05) is 18.1 Å². The second-order valence-corrected chi connectivity index (χ2v) is 6.41. The molecule has 1 heterocycles. The van der Waals surface area contributed by atoms with E-state index in [1.165, 1.54) is 20.1 Å². The first-order valence-electron chi connectivity index (χ1n) is 8.37. The highest BCUT2D eigenvalue weighted by molar-refractivity contribution is 6.33. The molecule has 0 aliphatic rings. The molecule has 28 heavy (non-hydrogen) atoms. The number of amides is 1. The number of methoxy groups -OCH3 is 1. The van der Waals surface area contributed by atoms with E-state index in [0.717, 1.165) is 17.5 Å². The second kappa shape index (κ2) is 8.41. The van der Waals surface area contributed by atoms with Gasteiger partial charge in [0.15, 0.2) is 6.10 Å². The lowest BCUT2D eigenvalue weighted by molar-refractivity contribution is -0.123. The van der Waals surface area contributed by atoms with Gasteiger partial charge in [0.2, 0.25) is 5.76 Å². The van der Waals surface area contributed by atoms with Crippen molar-refractivity contribution in [2.24, 2.45) is 0 Å². The van der Waals surface area contributed by atoms with Gasteiger partial charge in [-0.3, -0.25) is 4.79 Å². The van der Waals surface area contributed by atoms with Gasteiger partial charge in [-0.2, -0.15) is 0 Å². The standard InChI is InChI=1S/C20H17ClFNO5/c1-11(19(24)23-16-8-7-12(22)9-15(16)21)27-20(25)18-14(10-26-2)13-5-3-4-6-17(13)28-18/h3-9,11H,10H2,1-2H3,(H,23,24)/t11-/m0/s1. The topological polar surface area (TPSA) is 77.8 Å². The highest BCUT2D eigenvalue weighted by Gasteiger charge is 2.26. The van der Waals surface area contributed by atoms with Gasteiger partial charge in [-0.25, -0.2) is 9.18 Å². The summed E-state index contributed by atoms with van der Waals surface area (Å²) in [6.45, 7) is 1.55. The Morgan fingerprint density at radius 3 is 2.71 bits per heavy atom. The average Bonchev–Trinajstić information content (AvgIpc) is 3.03. The lowest BCUT2D eigenvalue weighted by Gasteiger charge is -2.14. The summed E-state index contributed by atoms with van der Waals surface area (Å²) < 4.78 is 29.1. The van der Waals surface area contributed by atoms with Gasteiger partial charge in [0.25, 0.3) is 5.91 Å². The molecule has 0 unspecified atom stereocenters. The Labute approximate surface area is 165 Å². The number of hydrogen-bond acceptors (Lipinski definition) is 5. The maximum atomic E-state index is 13.1. The van der Waals surface area contributed by atoms with Crippen LogP contribution < -0.4 is 5.32 Å². The predicted octanol–water partition coefficient (Wildman–Crippen LogP) is 4.56. The molecule has 8 heteroatoms. The van der Waals surface area contributed by atoms with Crippen LogP contribution in [0.2, 0.25) is 5.02 Å². The monoisotopic (exact) mass is 405 g/mol. The zero-order chi connectivity index (χ0) is 20.3. The molecule has 0 spiro atoms. The fourth-order valence-corrected chi connectivity index (χ4v) is 2.86. The van der Waals surface area contributed by atoms with Crippen molar-refractivity contribution in [1.29, 1.82) is 0 Å². The van der Waals surface area contributed by atoms with Crippen molar-refractivity contribution in [3.05, 3.63) is 64.6 Å². The number of carbonyl (C=O) groups excluding carboxylic acids is 2. The van der Waals surface area contributed by atoms with Crippen LogP contribution in [-0.4, -0.2) is 25.1 Å². The molecule has 6 nitrogen and oxygen atoms in total. The van der Waals surface area contributed by atoms with Gasteiger partial charge in [-0.1, -0.05) is 29.8 Å². The minimum atomic E-state index is -1.14. The van der Waals surface area contributed by atoms with Gasteiger partial charge in [-0.05, 0) is 31.2 Å². The molecule has 1 N–H and O–H groups in total. The van der Waals surface area contributed by atoms with Gasteiger partial charge < -0.3 is 19.2 Å². The number of ether oxygens (including phenoxy) is 2. The quantitative estimate of drug-likeness (QED) is 0.608. The van der Waals surface area contributed by atoms with Crippen LogP contribution in [0.5, 0.6) is 0 Å². The third kappa shape index (κ3) is 4.16. The first-order valence-corrected chi connectivity index (χ1v) is 8.74. The number of halogens is 2. The van der Waals surface area contributed by atoms with E-state index in [-0.39, 0.29) is 23.1 Å². The largest absolute Gasteiger partial charge is 0.449 e. The number of carbonyl (C=O) groups is 2. The number of nitrogens with one attached hydrogen (secondary N) is 1. The number of esters is 1. The Balaban J connectivity index is 1.76. The fourth-order valence-electron chi connectivity index (χ4n) is 2.64. The minimum absolute atomic E-state index is 0.0254. The van der Waals surface area contributed by atoms with Crippen molar-refractivity contribution in [3.63, 3.8) is 0 Å². The molecule has 0 aliphatic heterocycles. The summed E-state index contributed by atoms with van der Waals surface area (Å²) in [5.41, 5.74) is 1.26. The van der Waals surface area contributed by atoms with Gasteiger partial charge in [-0.15, -0.1) is 0 Å². The first kappa shape index (κ1) is 19.9. The van der Waals surface area contributed by atoms with Crippen molar-refractivity contribution < 1.29 is 27.9 Å². The number of benzene rings is 2. The Bertz CT molecular complexity index is 1030. The molecule has 0 saturated heterocycles. The van der Waals surface area contributed by atoms with Crippen LogP contribution in [0.15, 0.2) is 46.9 Å². The normalized spacial score (nSPS) is 12.0. The molecular formula is C20H17ClFNO5. The van der Waals surface area contributed by atoms with E-state index < -0.39 is 23.8 Å². The van der Waals surface area contributed by atoms with Crippen LogP contribution in [-0.2, 0) is 20.9 Å². The third-order valence-corrected chi connectivity index (χ3v) is 4.33. The van der Waals surface area contributed by atoms with Gasteiger partial charge >= 0.3 is 5.97 Å². The summed E-state index contributed by atoms with van der Waals surface area (Å²) in [7, 11) is 1.50. The Kier molecular flexibility index (Phi) is 5.96. The second-order valence-electron chi connectivity index (χ2n) is 6.00. The lowest BCUT2D eigenvalue weighted by Crippen LogP contribution is -2.30. The Morgan fingerprint density at radius 2 is 2.00 bits per heavy atom. The van der Waals surface area contributed by atoms with Gasteiger partial charge in [0.1, 0.15) is 11.4 Å². The SMILES string of the molecule is COCc1c(C(=O)O[C@@H](C)C(=O)Nc2ccc(F)cc2Cl)oc2ccccc12. The number of anilines is 1. The molecule has 0 aliphatic carbocycles. The minimum Gasteiger partial charge on any atom is -0.449 e. The first-order chi connectivity index (χ1) is 13.4. The summed E-state index contributed by atoms with van der Waals surface area (Å²) in [6, 6.07) is 10.7. The van der Waals surface area contributed by atoms with Crippen LogP contribution >= 0.6 is 11.6 Å². The summed E-state index contributed by atoms with van der Waals surface area (Å²) >= 11 is 5.89. The number of fused-ring (bicyclic) bond motifs is 1. The van der Waals surface area contributed by atoms with E-state index in [9.17, 15) is 14.0 Å². The number of rotatable bonds is 6. The van der Waals surface area contributed by atoms with Crippen molar-refractivity contribution >= 4 is 40.1 Å². The lowest BCUT2D eigenvalue weighted by atomic mass is 10.1. The molecule has 3 rings (SSSR count). The van der Waals surface area contributed by atoms with Gasteiger partial charge in [0.05, 0.1) is 17.3 Å². The molecule has 1 atom stereocenters. The summed E-state index contributed by atoms with van der Waals surface area (Å²) in [5.74, 6) is -1.97. The van der Waals surface area contributed by atoms with E-state index in [2.05, 4.69) is 5.32 Å². The molecule has 0 saturated carbocycles. The molecule has 1 aromatic heterocycles. The molecule has 1 amide bonds. The molecule has 0 bridgehead atoms.